The number of ether oxygens (including phenoxy) is 2. The van der Waals surface area contributed by atoms with Crippen LogP contribution in [0.4, 0.5) is 0 Å². The second kappa shape index (κ2) is 7.16. The predicted molar refractivity (Wildman–Crippen MR) is 70.6 cm³/mol. The lowest BCUT2D eigenvalue weighted by molar-refractivity contribution is -0.145. The Bertz CT molecular complexity index is 499. The molecule has 0 bridgehead atoms. The molecule has 0 N–H and O–H groups in total. The summed E-state index contributed by atoms with van der Waals surface area (Å²) in [6, 6.07) is 15.0. The molecule has 0 fully saturated rings. The third-order valence-electron chi connectivity index (χ3n) is 2.44. The van der Waals surface area contributed by atoms with Crippen LogP contribution in [0, 0.1) is 0 Å². The molecule has 0 aliphatic heterocycles. The van der Waals surface area contributed by atoms with Crippen molar-refractivity contribution >= 4 is 5.97 Å². The Kier molecular flexibility index (Phi) is 4.93. The third kappa shape index (κ3) is 4.79. The molecule has 4 nitrogen and oxygen atoms in total. The summed E-state index contributed by atoms with van der Waals surface area (Å²) in [5.74, 6) is 0.234. The summed E-state index contributed by atoms with van der Waals surface area (Å²) in [4.78, 5) is 15.5. The molecule has 0 saturated carbocycles. The average Bonchev–Trinajstić information content (AvgIpc) is 2.47. The van der Waals surface area contributed by atoms with Gasteiger partial charge in [0.2, 0.25) is 5.88 Å². The van der Waals surface area contributed by atoms with E-state index in [4.69, 9.17) is 9.47 Å². The van der Waals surface area contributed by atoms with Gasteiger partial charge in [-0.3, -0.25) is 4.79 Å². The Morgan fingerprint density at radius 1 is 1.05 bits per heavy atom. The topological polar surface area (TPSA) is 48.4 Å². The molecular formula is C15H15NO3. The van der Waals surface area contributed by atoms with E-state index >= 15 is 0 Å². The highest BCUT2D eigenvalue weighted by Gasteiger charge is 2.04. The fraction of sp³-hybridized carbons (Fsp3) is 0.200. The molecule has 1 heterocycles. The normalized spacial score (nSPS) is 9.89. The van der Waals surface area contributed by atoms with E-state index in [-0.39, 0.29) is 19.0 Å². The lowest BCUT2D eigenvalue weighted by atomic mass is 10.2. The van der Waals surface area contributed by atoms with E-state index in [1.54, 1.807) is 18.3 Å². The minimum Gasteiger partial charge on any atom is -0.477 e. The average molecular weight is 257 g/mol. The largest absolute Gasteiger partial charge is 0.477 e. The Labute approximate surface area is 112 Å². The van der Waals surface area contributed by atoms with Crippen LogP contribution >= 0.6 is 0 Å². The Morgan fingerprint density at radius 2 is 1.84 bits per heavy atom. The number of benzene rings is 1. The predicted octanol–water partition coefficient (Wildman–Crippen LogP) is 2.59. The van der Waals surface area contributed by atoms with Crippen molar-refractivity contribution in [3.63, 3.8) is 0 Å². The van der Waals surface area contributed by atoms with E-state index < -0.39 is 0 Å². The summed E-state index contributed by atoms with van der Waals surface area (Å²) in [6.45, 7) is 0.563. The zero-order valence-corrected chi connectivity index (χ0v) is 10.5. The number of hydrogen-bond acceptors (Lipinski definition) is 4. The van der Waals surface area contributed by atoms with Crippen molar-refractivity contribution in [2.75, 3.05) is 6.61 Å². The molecule has 1 aromatic carbocycles. The van der Waals surface area contributed by atoms with Crippen molar-refractivity contribution in [3.8, 4) is 5.88 Å². The first-order chi connectivity index (χ1) is 9.34. The molecule has 0 saturated heterocycles. The molecule has 0 aliphatic rings. The molecule has 0 unspecified atom stereocenters. The number of pyridine rings is 1. The number of rotatable bonds is 6. The van der Waals surface area contributed by atoms with Crippen LogP contribution in [0.25, 0.3) is 0 Å². The van der Waals surface area contributed by atoms with Gasteiger partial charge >= 0.3 is 5.97 Å². The molecule has 2 rings (SSSR count). The van der Waals surface area contributed by atoms with Crippen LogP contribution in [0.1, 0.15) is 12.0 Å². The lowest BCUT2D eigenvalue weighted by Gasteiger charge is -2.06. The van der Waals surface area contributed by atoms with Crippen molar-refractivity contribution in [1.29, 1.82) is 0 Å². The second-order valence-corrected chi connectivity index (χ2v) is 3.91. The van der Waals surface area contributed by atoms with E-state index in [0.29, 0.717) is 12.5 Å². The van der Waals surface area contributed by atoms with Gasteiger partial charge in [0.05, 0.1) is 6.42 Å². The maximum Gasteiger partial charge on any atom is 0.309 e. The summed E-state index contributed by atoms with van der Waals surface area (Å²) in [5.41, 5.74) is 0.974. The highest BCUT2D eigenvalue weighted by Crippen LogP contribution is 2.05. The van der Waals surface area contributed by atoms with Crippen molar-refractivity contribution < 1.29 is 14.3 Å². The van der Waals surface area contributed by atoms with Gasteiger partial charge in [0, 0.05) is 12.3 Å². The lowest BCUT2D eigenvalue weighted by Crippen LogP contribution is -2.10. The van der Waals surface area contributed by atoms with E-state index in [0.717, 1.165) is 5.56 Å². The van der Waals surface area contributed by atoms with Gasteiger partial charge in [-0.05, 0) is 11.6 Å². The molecule has 0 atom stereocenters. The quantitative estimate of drug-likeness (QED) is 0.746. The van der Waals surface area contributed by atoms with Gasteiger partial charge in [-0.25, -0.2) is 4.98 Å². The van der Waals surface area contributed by atoms with E-state index in [9.17, 15) is 4.79 Å². The molecule has 0 radical (unpaired) electrons. The van der Waals surface area contributed by atoms with Crippen LogP contribution in [0.3, 0.4) is 0 Å². The Morgan fingerprint density at radius 3 is 2.58 bits per heavy atom. The maximum absolute atomic E-state index is 11.5. The second-order valence-electron chi connectivity index (χ2n) is 3.91. The molecule has 2 aromatic rings. The molecule has 0 spiro atoms. The first-order valence-corrected chi connectivity index (χ1v) is 6.08. The Hall–Kier alpha value is -2.36. The molecule has 0 aliphatic carbocycles. The fourth-order valence-corrected chi connectivity index (χ4v) is 1.48. The molecule has 19 heavy (non-hydrogen) atoms. The summed E-state index contributed by atoms with van der Waals surface area (Å²) in [6.07, 6.45) is 1.85. The minimum atomic E-state index is -0.278. The van der Waals surface area contributed by atoms with Crippen molar-refractivity contribution in [2.24, 2.45) is 0 Å². The highest BCUT2D eigenvalue weighted by atomic mass is 16.5. The molecular weight excluding hydrogens is 242 g/mol. The zero-order chi connectivity index (χ0) is 13.3. The summed E-state index contributed by atoms with van der Waals surface area (Å²) >= 11 is 0. The van der Waals surface area contributed by atoms with Gasteiger partial charge in [0.15, 0.2) is 0 Å². The van der Waals surface area contributed by atoms with Crippen LogP contribution in [-0.2, 0) is 16.1 Å². The smallest absolute Gasteiger partial charge is 0.309 e. The standard InChI is InChI=1S/C15H15NO3/c17-15(19-12-13-6-2-1-3-7-13)9-11-18-14-8-4-5-10-16-14/h1-8,10H,9,11-12H2. The maximum atomic E-state index is 11.5. The zero-order valence-electron chi connectivity index (χ0n) is 10.5. The van der Waals surface area contributed by atoms with E-state index in [1.165, 1.54) is 0 Å². The van der Waals surface area contributed by atoms with Crippen LogP contribution in [0.5, 0.6) is 5.88 Å². The van der Waals surface area contributed by atoms with Crippen LogP contribution < -0.4 is 4.74 Å². The monoisotopic (exact) mass is 257 g/mol. The van der Waals surface area contributed by atoms with Gasteiger partial charge in [0.25, 0.3) is 0 Å². The van der Waals surface area contributed by atoms with Gasteiger partial charge in [-0.1, -0.05) is 36.4 Å². The SMILES string of the molecule is O=C(CCOc1ccccn1)OCc1ccccc1. The molecule has 98 valence electrons. The number of carbonyl (C=O) groups is 1. The number of esters is 1. The number of hydrogen-bond donors (Lipinski definition) is 0. The van der Waals surface area contributed by atoms with Gasteiger partial charge < -0.3 is 9.47 Å². The molecule has 0 amide bonds. The molecule has 1 aromatic heterocycles. The number of carbonyl (C=O) groups excluding carboxylic acids is 1. The van der Waals surface area contributed by atoms with Crippen molar-refractivity contribution in [2.45, 2.75) is 13.0 Å². The first kappa shape index (κ1) is 13.1. The molecule has 4 heteroatoms. The highest BCUT2D eigenvalue weighted by molar-refractivity contribution is 5.69. The van der Waals surface area contributed by atoms with E-state index in [1.807, 2.05) is 36.4 Å². The summed E-state index contributed by atoms with van der Waals surface area (Å²) in [5, 5.41) is 0. The fourth-order valence-electron chi connectivity index (χ4n) is 1.48. The van der Waals surface area contributed by atoms with Gasteiger partial charge in [0.1, 0.15) is 13.2 Å². The number of nitrogens with zero attached hydrogens (tertiary/aromatic N) is 1. The van der Waals surface area contributed by atoms with Crippen molar-refractivity contribution in [1.82, 2.24) is 4.98 Å². The van der Waals surface area contributed by atoms with Crippen LogP contribution in [0.15, 0.2) is 54.7 Å². The summed E-state index contributed by atoms with van der Waals surface area (Å²) in [7, 11) is 0. The van der Waals surface area contributed by atoms with Crippen molar-refractivity contribution in [3.05, 3.63) is 60.3 Å². The van der Waals surface area contributed by atoms with Crippen LogP contribution in [-0.4, -0.2) is 17.6 Å². The third-order valence-corrected chi connectivity index (χ3v) is 2.44. The van der Waals surface area contributed by atoms with Gasteiger partial charge in [-0.2, -0.15) is 0 Å². The van der Waals surface area contributed by atoms with E-state index in [2.05, 4.69) is 4.98 Å². The minimum absolute atomic E-state index is 0.212. The Balaban J connectivity index is 1.65. The number of aromatic nitrogens is 1. The van der Waals surface area contributed by atoms with Crippen LogP contribution in [0.2, 0.25) is 0 Å². The first-order valence-electron chi connectivity index (χ1n) is 6.08. The summed E-state index contributed by atoms with van der Waals surface area (Å²) < 4.78 is 10.4. The van der Waals surface area contributed by atoms with Gasteiger partial charge in [-0.15, -0.1) is 0 Å².